The fourth-order valence-corrected chi connectivity index (χ4v) is 3.74. The Bertz CT molecular complexity index is 678. The second-order valence-corrected chi connectivity index (χ2v) is 7.05. The molecule has 1 aliphatic heterocycles. The van der Waals surface area contributed by atoms with E-state index in [0.29, 0.717) is 12.8 Å². The maximum Gasteiger partial charge on any atom is 0.325 e. The van der Waals surface area contributed by atoms with E-state index in [0.717, 1.165) is 35.3 Å². The fourth-order valence-electron chi connectivity index (χ4n) is 3.74. The standard InChI is InChI=1S/C19H25N3O3/c1-3-15(14-8-6-13(2)7-9-14)20-16(23)12-22-17(24)19(21-18(22)25)10-4-5-11-19/h6-9,15H,3-5,10-12H2,1-2H3,(H,20,23)(H,21,25). The van der Waals surface area contributed by atoms with Crippen LogP contribution in [0.4, 0.5) is 4.79 Å². The van der Waals surface area contributed by atoms with Crippen molar-refractivity contribution in [1.29, 1.82) is 0 Å². The lowest BCUT2D eigenvalue weighted by atomic mass is 9.98. The minimum Gasteiger partial charge on any atom is -0.348 e. The molecule has 1 atom stereocenters. The number of nitrogens with zero attached hydrogens (tertiary/aromatic N) is 1. The molecule has 0 bridgehead atoms. The molecule has 3 rings (SSSR count). The minimum absolute atomic E-state index is 0.130. The average Bonchev–Trinajstić information content (AvgIpc) is 3.15. The second-order valence-electron chi connectivity index (χ2n) is 7.05. The summed E-state index contributed by atoms with van der Waals surface area (Å²) in [7, 11) is 0. The Morgan fingerprint density at radius 2 is 1.88 bits per heavy atom. The Hall–Kier alpha value is -2.37. The van der Waals surface area contributed by atoms with Gasteiger partial charge < -0.3 is 10.6 Å². The summed E-state index contributed by atoms with van der Waals surface area (Å²) in [6, 6.07) is 7.41. The first kappa shape index (κ1) is 17.5. The summed E-state index contributed by atoms with van der Waals surface area (Å²) in [6.07, 6.45) is 3.92. The van der Waals surface area contributed by atoms with Crippen molar-refractivity contribution in [3.63, 3.8) is 0 Å². The predicted octanol–water partition coefficient (Wildman–Crippen LogP) is 2.43. The Morgan fingerprint density at radius 1 is 1.24 bits per heavy atom. The van der Waals surface area contributed by atoms with Gasteiger partial charge in [0.1, 0.15) is 12.1 Å². The zero-order valence-corrected chi connectivity index (χ0v) is 14.8. The molecule has 6 heteroatoms. The molecule has 0 radical (unpaired) electrons. The van der Waals surface area contributed by atoms with Crippen LogP contribution in [0.2, 0.25) is 0 Å². The van der Waals surface area contributed by atoms with Crippen LogP contribution < -0.4 is 10.6 Å². The molecule has 2 fully saturated rings. The number of benzene rings is 1. The lowest BCUT2D eigenvalue weighted by molar-refractivity contribution is -0.135. The van der Waals surface area contributed by atoms with Gasteiger partial charge in [-0.15, -0.1) is 0 Å². The summed E-state index contributed by atoms with van der Waals surface area (Å²) in [5, 5.41) is 5.73. The topological polar surface area (TPSA) is 78.5 Å². The normalized spacial score (nSPS) is 20.0. The van der Waals surface area contributed by atoms with E-state index >= 15 is 0 Å². The first-order chi connectivity index (χ1) is 11.9. The summed E-state index contributed by atoms with van der Waals surface area (Å²) in [4.78, 5) is 38.2. The first-order valence-corrected chi connectivity index (χ1v) is 8.95. The van der Waals surface area contributed by atoms with Crippen LogP contribution in [0.1, 0.15) is 56.2 Å². The van der Waals surface area contributed by atoms with Gasteiger partial charge in [0, 0.05) is 0 Å². The average molecular weight is 343 g/mol. The third kappa shape index (κ3) is 3.38. The van der Waals surface area contributed by atoms with Crippen LogP contribution >= 0.6 is 0 Å². The summed E-state index contributed by atoms with van der Waals surface area (Å²) in [5.74, 6) is -0.570. The molecule has 1 unspecified atom stereocenters. The molecule has 1 saturated carbocycles. The smallest absolute Gasteiger partial charge is 0.325 e. The van der Waals surface area contributed by atoms with Gasteiger partial charge in [-0.1, -0.05) is 49.6 Å². The summed E-state index contributed by atoms with van der Waals surface area (Å²) < 4.78 is 0. The quantitative estimate of drug-likeness (QED) is 0.806. The number of carbonyl (C=O) groups is 3. The number of carbonyl (C=O) groups excluding carboxylic acids is 3. The SMILES string of the molecule is CCC(NC(=O)CN1C(=O)NC2(CCCC2)C1=O)c1ccc(C)cc1. The van der Waals surface area contributed by atoms with Crippen molar-refractivity contribution in [2.75, 3.05) is 6.54 Å². The lowest BCUT2D eigenvalue weighted by Gasteiger charge is -2.21. The van der Waals surface area contributed by atoms with Gasteiger partial charge in [0.25, 0.3) is 5.91 Å². The van der Waals surface area contributed by atoms with E-state index in [1.807, 2.05) is 38.1 Å². The molecule has 1 spiro atoms. The number of hydrogen-bond acceptors (Lipinski definition) is 3. The monoisotopic (exact) mass is 343 g/mol. The maximum absolute atomic E-state index is 12.6. The van der Waals surface area contributed by atoms with Crippen molar-refractivity contribution in [1.82, 2.24) is 15.5 Å². The number of hydrogen-bond donors (Lipinski definition) is 2. The van der Waals surface area contributed by atoms with E-state index in [9.17, 15) is 14.4 Å². The van der Waals surface area contributed by atoms with Gasteiger partial charge in [0.05, 0.1) is 6.04 Å². The molecule has 25 heavy (non-hydrogen) atoms. The molecule has 2 N–H and O–H groups in total. The van der Waals surface area contributed by atoms with E-state index in [4.69, 9.17) is 0 Å². The minimum atomic E-state index is -0.765. The third-order valence-electron chi connectivity index (χ3n) is 5.23. The molecule has 6 nitrogen and oxygen atoms in total. The van der Waals surface area contributed by atoms with Crippen LogP contribution in [0.5, 0.6) is 0 Å². The van der Waals surface area contributed by atoms with Crippen LogP contribution in [0.25, 0.3) is 0 Å². The Balaban J connectivity index is 1.64. The molecule has 2 aliphatic rings. The molecule has 0 aromatic heterocycles. The third-order valence-corrected chi connectivity index (χ3v) is 5.23. The van der Waals surface area contributed by atoms with Crippen molar-refractivity contribution in [3.8, 4) is 0 Å². The van der Waals surface area contributed by atoms with Gasteiger partial charge in [-0.05, 0) is 31.7 Å². The summed E-state index contributed by atoms with van der Waals surface area (Å²) >= 11 is 0. The number of nitrogens with one attached hydrogen (secondary N) is 2. The maximum atomic E-state index is 12.6. The number of imide groups is 1. The first-order valence-electron chi connectivity index (χ1n) is 8.95. The fraction of sp³-hybridized carbons (Fsp3) is 0.526. The van der Waals surface area contributed by atoms with Crippen LogP contribution in [0.15, 0.2) is 24.3 Å². The Kier molecular flexibility index (Phi) is 4.79. The largest absolute Gasteiger partial charge is 0.348 e. The number of rotatable bonds is 5. The van der Waals surface area contributed by atoms with E-state index in [-0.39, 0.29) is 24.4 Å². The second kappa shape index (κ2) is 6.86. The Labute approximate surface area is 148 Å². The Morgan fingerprint density at radius 3 is 2.48 bits per heavy atom. The molecular formula is C19H25N3O3. The molecule has 1 saturated heterocycles. The molecule has 1 aromatic carbocycles. The highest BCUT2D eigenvalue weighted by molar-refractivity contribution is 6.09. The highest BCUT2D eigenvalue weighted by atomic mass is 16.2. The molecule has 134 valence electrons. The molecular weight excluding hydrogens is 318 g/mol. The van der Waals surface area contributed by atoms with E-state index < -0.39 is 11.6 Å². The summed E-state index contributed by atoms with van der Waals surface area (Å²) in [5.41, 5.74) is 1.41. The summed E-state index contributed by atoms with van der Waals surface area (Å²) in [6.45, 7) is 3.78. The van der Waals surface area contributed by atoms with Gasteiger partial charge in [0.2, 0.25) is 5.91 Å². The van der Waals surface area contributed by atoms with Crippen molar-refractivity contribution in [2.45, 2.75) is 57.5 Å². The van der Waals surface area contributed by atoms with Gasteiger partial charge in [-0.2, -0.15) is 0 Å². The lowest BCUT2D eigenvalue weighted by Crippen LogP contribution is -2.45. The van der Waals surface area contributed by atoms with Crippen LogP contribution in [0.3, 0.4) is 0 Å². The predicted molar refractivity (Wildman–Crippen MR) is 93.8 cm³/mol. The van der Waals surface area contributed by atoms with E-state index in [2.05, 4.69) is 10.6 Å². The van der Waals surface area contributed by atoms with Crippen LogP contribution in [0, 0.1) is 6.92 Å². The zero-order valence-electron chi connectivity index (χ0n) is 14.8. The number of aryl methyl sites for hydroxylation is 1. The highest BCUT2D eigenvalue weighted by Gasteiger charge is 2.52. The van der Waals surface area contributed by atoms with Gasteiger partial charge in [-0.25, -0.2) is 4.79 Å². The van der Waals surface area contributed by atoms with Crippen molar-refractivity contribution in [2.24, 2.45) is 0 Å². The molecule has 1 aromatic rings. The highest BCUT2D eigenvalue weighted by Crippen LogP contribution is 2.34. The number of amides is 4. The van der Waals surface area contributed by atoms with E-state index in [1.54, 1.807) is 0 Å². The van der Waals surface area contributed by atoms with Crippen LogP contribution in [-0.2, 0) is 9.59 Å². The molecule has 1 aliphatic carbocycles. The van der Waals surface area contributed by atoms with Gasteiger partial charge in [-0.3, -0.25) is 14.5 Å². The zero-order chi connectivity index (χ0) is 18.0. The van der Waals surface area contributed by atoms with Gasteiger partial charge in [0.15, 0.2) is 0 Å². The van der Waals surface area contributed by atoms with Crippen molar-refractivity contribution < 1.29 is 14.4 Å². The van der Waals surface area contributed by atoms with Gasteiger partial charge >= 0.3 is 6.03 Å². The molecule has 4 amide bonds. The number of urea groups is 1. The molecule has 1 heterocycles. The van der Waals surface area contributed by atoms with Crippen LogP contribution in [-0.4, -0.2) is 34.8 Å². The van der Waals surface area contributed by atoms with Crippen molar-refractivity contribution in [3.05, 3.63) is 35.4 Å². The van der Waals surface area contributed by atoms with E-state index in [1.165, 1.54) is 0 Å². The van der Waals surface area contributed by atoms with Crippen molar-refractivity contribution >= 4 is 17.8 Å².